The lowest BCUT2D eigenvalue weighted by Gasteiger charge is -2.18. The largest absolute Gasteiger partial charge is 0.392 e. The highest BCUT2D eigenvalue weighted by atomic mass is 32.2. The summed E-state index contributed by atoms with van der Waals surface area (Å²) in [6, 6.07) is 25.7. The third-order valence-electron chi connectivity index (χ3n) is 3.70. The van der Waals surface area contributed by atoms with E-state index in [4.69, 9.17) is 0 Å². The van der Waals surface area contributed by atoms with Gasteiger partial charge in [0.25, 0.3) is 0 Å². The van der Waals surface area contributed by atoms with Crippen LogP contribution in [-0.2, 0) is 17.5 Å². The smallest absolute Gasteiger partial charge is 0.180 e. The van der Waals surface area contributed by atoms with Gasteiger partial charge in [-0.15, -0.1) is 0 Å². The third-order valence-corrected chi connectivity index (χ3v) is 7.45. The summed E-state index contributed by atoms with van der Waals surface area (Å²) in [5.74, 6) is 0. The minimum absolute atomic E-state index is 0.0706. The average Bonchev–Trinajstić information content (AvgIpc) is 2.60. The topological polar surface area (TPSA) is 20.2 Å². The first-order valence-electron chi connectivity index (χ1n) is 7.17. The van der Waals surface area contributed by atoms with E-state index in [0.717, 1.165) is 5.56 Å². The van der Waals surface area contributed by atoms with Gasteiger partial charge in [-0.2, -0.15) is 0 Å². The zero-order valence-corrected chi connectivity index (χ0v) is 13.5. The van der Waals surface area contributed by atoms with Gasteiger partial charge in [-0.3, -0.25) is 0 Å². The number of hydrogen-bond donors (Lipinski definition) is 1. The monoisotopic (exact) mass is 323 g/mol. The fourth-order valence-corrected chi connectivity index (χ4v) is 6.37. The van der Waals surface area contributed by atoms with E-state index < -0.39 is 0 Å². The van der Waals surface area contributed by atoms with Crippen molar-refractivity contribution in [3.05, 3.63) is 78.4 Å². The van der Waals surface area contributed by atoms with Crippen molar-refractivity contribution in [1.29, 1.82) is 0 Å². The Balaban J connectivity index is 1.90. The molecule has 0 bridgehead atoms. The van der Waals surface area contributed by atoms with Gasteiger partial charge in [-0.25, -0.2) is 0 Å². The van der Waals surface area contributed by atoms with E-state index in [1.165, 1.54) is 24.5 Å². The van der Waals surface area contributed by atoms with Crippen LogP contribution in [0.3, 0.4) is 0 Å². The molecule has 4 rings (SSSR count). The van der Waals surface area contributed by atoms with Crippen LogP contribution in [0.1, 0.15) is 5.56 Å². The van der Waals surface area contributed by atoms with Crippen LogP contribution in [0.2, 0.25) is 0 Å². The minimum Gasteiger partial charge on any atom is -0.392 e. The molecule has 3 aromatic rings. The van der Waals surface area contributed by atoms with E-state index >= 15 is 0 Å². The number of rotatable bonds is 2. The Morgan fingerprint density at radius 2 is 1.27 bits per heavy atom. The first-order valence-corrected chi connectivity index (χ1v) is 9.21. The van der Waals surface area contributed by atoms with Gasteiger partial charge < -0.3 is 5.11 Å². The summed E-state index contributed by atoms with van der Waals surface area (Å²) in [5.41, 5.74) is 0.959. The van der Waals surface area contributed by atoms with Crippen LogP contribution in [0.5, 0.6) is 0 Å². The van der Waals surface area contributed by atoms with E-state index in [1.54, 1.807) is 0 Å². The molecule has 0 fully saturated rings. The number of aliphatic hydroxyl groups is 1. The second kappa shape index (κ2) is 5.84. The molecule has 1 N–H and O–H groups in total. The SMILES string of the molecule is OCc1ccc([S+]2c3ccccc3Sc3ccccc32)cc1. The predicted molar refractivity (Wildman–Crippen MR) is 91.5 cm³/mol. The Morgan fingerprint density at radius 3 is 1.82 bits per heavy atom. The van der Waals surface area contributed by atoms with Crippen LogP contribution in [-0.4, -0.2) is 5.11 Å². The van der Waals surface area contributed by atoms with Gasteiger partial charge in [0.2, 0.25) is 0 Å². The number of fused-ring (bicyclic) bond motifs is 2. The quantitative estimate of drug-likeness (QED) is 0.538. The molecule has 0 atom stereocenters. The zero-order chi connectivity index (χ0) is 14.9. The minimum atomic E-state index is -0.0706. The molecule has 3 heteroatoms. The van der Waals surface area contributed by atoms with E-state index in [2.05, 4.69) is 60.7 Å². The zero-order valence-electron chi connectivity index (χ0n) is 11.9. The highest BCUT2D eigenvalue weighted by Crippen LogP contribution is 2.47. The van der Waals surface area contributed by atoms with Crippen molar-refractivity contribution in [2.45, 2.75) is 31.1 Å². The summed E-state index contributed by atoms with van der Waals surface area (Å²) in [7, 11) is -0.0706. The second-order valence-corrected chi connectivity index (χ2v) is 8.15. The summed E-state index contributed by atoms with van der Waals surface area (Å²) >= 11 is 1.86. The lowest BCUT2D eigenvalue weighted by molar-refractivity contribution is 0.282. The van der Waals surface area contributed by atoms with Crippen LogP contribution in [0, 0.1) is 0 Å². The maximum absolute atomic E-state index is 9.25. The molecular formula is C19H15OS2+. The molecule has 0 saturated heterocycles. The van der Waals surface area contributed by atoms with Crippen molar-refractivity contribution in [3.63, 3.8) is 0 Å². The molecule has 108 valence electrons. The molecule has 0 aliphatic carbocycles. The fourth-order valence-electron chi connectivity index (χ4n) is 2.63. The molecule has 1 nitrogen and oxygen atoms in total. The maximum atomic E-state index is 9.25. The lowest BCUT2D eigenvalue weighted by atomic mass is 10.2. The molecule has 1 aliphatic heterocycles. The molecule has 1 aliphatic rings. The first-order chi connectivity index (χ1) is 10.9. The van der Waals surface area contributed by atoms with Crippen molar-refractivity contribution in [2.75, 3.05) is 0 Å². The highest BCUT2D eigenvalue weighted by molar-refractivity contribution is 8.04. The summed E-state index contributed by atoms with van der Waals surface area (Å²) in [6.07, 6.45) is 0. The molecule has 0 radical (unpaired) electrons. The number of hydrogen-bond acceptors (Lipinski definition) is 2. The molecule has 0 amide bonds. The Bertz CT molecular complexity index is 766. The highest BCUT2D eigenvalue weighted by Gasteiger charge is 2.37. The van der Waals surface area contributed by atoms with E-state index in [0.29, 0.717) is 0 Å². The van der Waals surface area contributed by atoms with Crippen LogP contribution >= 0.6 is 11.8 Å². The van der Waals surface area contributed by atoms with Crippen molar-refractivity contribution < 1.29 is 5.11 Å². The molecule has 3 aromatic carbocycles. The molecule has 22 heavy (non-hydrogen) atoms. The Labute approximate surface area is 137 Å². The summed E-state index contributed by atoms with van der Waals surface area (Å²) in [5, 5.41) is 9.25. The van der Waals surface area contributed by atoms with Gasteiger partial charge in [0.05, 0.1) is 16.4 Å². The van der Waals surface area contributed by atoms with Crippen molar-refractivity contribution in [1.82, 2.24) is 0 Å². The van der Waals surface area contributed by atoms with Gasteiger partial charge in [0, 0.05) is 0 Å². The van der Waals surface area contributed by atoms with Crippen LogP contribution < -0.4 is 0 Å². The van der Waals surface area contributed by atoms with Crippen molar-refractivity contribution in [2.24, 2.45) is 0 Å². The van der Waals surface area contributed by atoms with E-state index in [-0.39, 0.29) is 17.5 Å². The number of aliphatic hydroxyl groups excluding tert-OH is 1. The van der Waals surface area contributed by atoms with Gasteiger partial charge in [-0.05, 0) is 42.0 Å². The van der Waals surface area contributed by atoms with Gasteiger partial charge >= 0.3 is 0 Å². The van der Waals surface area contributed by atoms with Crippen LogP contribution in [0.4, 0.5) is 0 Å². The molecular weight excluding hydrogens is 308 g/mol. The Kier molecular flexibility index (Phi) is 3.70. The molecule has 0 saturated carbocycles. The summed E-state index contributed by atoms with van der Waals surface area (Å²) in [4.78, 5) is 6.77. The predicted octanol–water partition coefficient (Wildman–Crippen LogP) is 4.74. The van der Waals surface area contributed by atoms with Crippen LogP contribution in [0.15, 0.2) is 97.3 Å². The Morgan fingerprint density at radius 1 is 0.727 bits per heavy atom. The Hall–Kier alpha value is -1.68. The fraction of sp³-hybridized carbons (Fsp3) is 0.0526. The van der Waals surface area contributed by atoms with Gasteiger partial charge in [-0.1, -0.05) is 48.2 Å². The van der Waals surface area contributed by atoms with Gasteiger partial charge in [0.15, 0.2) is 14.7 Å². The van der Waals surface area contributed by atoms with Gasteiger partial charge in [0.1, 0.15) is 10.9 Å². The third kappa shape index (κ3) is 2.35. The normalized spacial score (nSPS) is 13.5. The standard InChI is InChI=1S/C19H15OS2/c20-13-14-9-11-15(12-10-14)22-18-7-3-1-5-16(18)21-17-6-2-4-8-19(17)22/h1-12,20H,13H2/q+1. The van der Waals surface area contributed by atoms with E-state index in [9.17, 15) is 5.11 Å². The van der Waals surface area contributed by atoms with Crippen molar-refractivity contribution >= 4 is 22.7 Å². The summed E-state index contributed by atoms with van der Waals surface area (Å²) < 4.78 is 0. The second-order valence-electron chi connectivity index (χ2n) is 5.10. The summed E-state index contributed by atoms with van der Waals surface area (Å²) in [6.45, 7) is 0.0943. The molecule has 0 unspecified atom stereocenters. The maximum Gasteiger partial charge on any atom is 0.180 e. The van der Waals surface area contributed by atoms with Crippen molar-refractivity contribution in [3.8, 4) is 0 Å². The van der Waals surface area contributed by atoms with E-state index in [1.807, 2.05) is 23.9 Å². The average molecular weight is 323 g/mol. The molecule has 0 spiro atoms. The molecule has 0 aromatic heterocycles. The number of benzene rings is 3. The lowest BCUT2D eigenvalue weighted by Crippen LogP contribution is -2.10. The van der Waals surface area contributed by atoms with Crippen LogP contribution in [0.25, 0.3) is 0 Å². The first kappa shape index (κ1) is 13.9. The molecule has 1 heterocycles.